The highest BCUT2D eigenvalue weighted by atomic mass is 16.3. The van der Waals surface area contributed by atoms with Crippen LogP contribution >= 0.6 is 0 Å². The van der Waals surface area contributed by atoms with Gasteiger partial charge in [-0.05, 0) is 44.4 Å². The molecule has 0 aliphatic heterocycles. The van der Waals surface area contributed by atoms with Crippen molar-refractivity contribution in [3.05, 3.63) is 0 Å². The lowest BCUT2D eigenvalue weighted by Gasteiger charge is -2.55. The van der Waals surface area contributed by atoms with E-state index < -0.39 is 5.60 Å². The summed E-state index contributed by atoms with van der Waals surface area (Å²) < 4.78 is 0. The maximum Gasteiger partial charge on any atom is 0.0716 e. The lowest BCUT2D eigenvalue weighted by molar-refractivity contribution is -0.148. The highest BCUT2D eigenvalue weighted by molar-refractivity contribution is 5.06. The monoisotopic (exact) mass is 211 g/mol. The summed E-state index contributed by atoms with van der Waals surface area (Å²) in [5, 5.41) is 10.8. The van der Waals surface area contributed by atoms with Crippen molar-refractivity contribution in [3.8, 4) is 0 Å². The van der Waals surface area contributed by atoms with Crippen molar-refractivity contribution in [2.24, 2.45) is 17.1 Å². The summed E-state index contributed by atoms with van der Waals surface area (Å²) in [5.74, 6) is 0.847. The van der Waals surface area contributed by atoms with Crippen molar-refractivity contribution < 1.29 is 5.11 Å². The average Bonchev–Trinajstić information content (AvgIpc) is 2.18. The van der Waals surface area contributed by atoms with Crippen LogP contribution in [0, 0.1) is 11.3 Å². The van der Waals surface area contributed by atoms with Gasteiger partial charge in [-0.15, -0.1) is 0 Å². The van der Waals surface area contributed by atoms with Crippen molar-refractivity contribution in [2.75, 3.05) is 6.54 Å². The van der Waals surface area contributed by atoms with Crippen molar-refractivity contribution in [2.45, 2.75) is 63.9 Å². The molecule has 0 unspecified atom stereocenters. The molecule has 2 aliphatic rings. The minimum Gasteiger partial charge on any atom is -0.389 e. The molecule has 3 N–H and O–H groups in total. The molecule has 2 aliphatic carbocycles. The van der Waals surface area contributed by atoms with Crippen LogP contribution < -0.4 is 5.73 Å². The number of hydrogen-bond acceptors (Lipinski definition) is 2. The summed E-state index contributed by atoms with van der Waals surface area (Å²) >= 11 is 0. The van der Waals surface area contributed by atoms with E-state index in [1.54, 1.807) is 0 Å². The molecule has 88 valence electrons. The van der Waals surface area contributed by atoms with Crippen LogP contribution in [0.2, 0.25) is 0 Å². The number of aliphatic hydroxyl groups is 1. The Hall–Kier alpha value is -0.0800. The second-order valence-corrected chi connectivity index (χ2v) is 5.72. The smallest absolute Gasteiger partial charge is 0.0716 e. The first kappa shape index (κ1) is 11.4. The first-order valence-electron chi connectivity index (χ1n) is 6.58. The predicted molar refractivity (Wildman–Crippen MR) is 62.5 cm³/mol. The molecular weight excluding hydrogens is 186 g/mol. The van der Waals surface area contributed by atoms with E-state index in [9.17, 15) is 5.11 Å². The highest BCUT2D eigenvalue weighted by Gasteiger charge is 2.53. The maximum absolute atomic E-state index is 10.8. The van der Waals surface area contributed by atoms with E-state index in [4.69, 9.17) is 5.73 Å². The minimum atomic E-state index is -0.425. The van der Waals surface area contributed by atoms with Crippen LogP contribution in [0.25, 0.3) is 0 Å². The molecule has 0 heterocycles. The molecule has 0 saturated heterocycles. The molecule has 0 atom stereocenters. The van der Waals surface area contributed by atoms with E-state index in [0.29, 0.717) is 6.54 Å². The molecule has 2 nitrogen and oxygen atoms in total. The van der Waals surface area contributed by atoms with E-state index in [1.165, 1.54) is 25.7 Å². The van der Waals surface area contributed by atoms with Crippen LogP contribution in [-0.2, 0) is 0 Å². The van der Waals surface area contributed by atoms with Gasteiger partial charge in [-0.3, -0.25) is 0 Å². The van der Waals surface area contributed by atoms with Crippen LogP contribution in [0.5, 0.6) is 0 Å². The zero-order valence-electron chi connectivity index (χ0n) is 9.97. The van der Waals surface area contributed by atoms with Gasteiger partial charge < -0.3 is 10.8 Å². The lowest BCUT2D eigenvalue weighted by Crippen LogP contribution is -2.57. The van der Waals surface area contributed by atoms with E-state index in [1.807, 2.05) is 0 Å². The van der Waals surface area contributed by atoms with Crippen LogP contribution in [0.4, 0.5) is 0 Å². The highest BCUT2D eigenvalue weighted by Crippen LogP contribution is 2.54. The molecule has 0 amide bonds. The first-order valence-corrected chi connectivity index (χ1v) is 6.58. The van der Waals surface area contributed by atoms with Crippen molar-refractivity contribution in [3.63, 3.8) is 0 Å². The second-order valence-electron chi connectivity index (χ2n) is 5.72. The Labute approximate surface area is 93.2 Å². The van der Waals surface area contributed by atoms with Crippen molar-refractivity contribution in [1.29, 1.82) is 0 Å². The zero-order chi connectivity index (χ0) is 10.9. The third-order valence-corrected chi connectivity index (χ3v) is 5.20. The third kappa shape index (κ3) is 1.72. The molecular formula is C13H25NO. The topological polar surface area (TPSA) is 46.2 Å². The molecule has 0 aromatic heterocycles. The van der Waals surface area contributed by atoms with Crippen LogP contribution in [0.1, 0.15) is 58.3 Å². The number of nitrogens with two attached hydrogens (primary N) is 1. The molecule has 2 saturated carbocycles. The summed E-state index contributed by atoms with van der Waals surface area (Å²) in [7, 11) is 0. The van der Waals surface area contributed by atoms with Gasteiger partial charge in [0.25, 0.3) is 0 Å². The average molecular weight is 211 g/mol. The summed E-state index contributed by atoms with van der Waals surface area (Å²) in [4.78, 5) is 0. The Bertz CT molecular complexity index is 209. The van der Waals surface area contributed by atoms with Gasteiger partial charge in [0.15, 0.2) is 0 Å². The Balaban J connectivity index is 2.02. The fraction of sp³-hybridized carbons (Fsp3) is 1.00. The first-order chi connectivity index (χ1) is 7.16. The molecule has 0 spiro atoms. The minimum absolute atomic E-state index is 0.0890. The Kier molecular flexibility index (Phi) is 3.09. The molecule has 2 fully saturated rings. The van der Waals surface area contributed by atoms with Gasteiger partial charge in [0.2, 0.25) is 0 Å². The van der Waals surface area contributed by atoms with Gasteiger partial charge in [0.1, 0.15) is 0 Å². The fourth-order valence-electron chi connectivity index (χ4n) is 3.56. The van der Waals surface area contributed by atoms with Gasteiger partial charge in [-0.25, -0.2) is 0 Å². The molecule has 0 aromatic carbocycles. The quantitative estimate of drug-likeness (QED) is 0.753. The predicted octanol–water partition coefficient (Wildman–Crippen LogP) is 2.45. The van der Waals surface area contributed by atoms with Crippen molar-refractivity contribution in [1.82, 2.24) is 0 Å². The third-order valence-electron chi connectivity index (χ3n) is 5.20. The molecule has 2 heteroatoms. The van der Waals surface area contributed by atoms with Gasteiger partial charge in [-0.1, -0.05) is 19.8 Å². The second kappa shape index (κ2) is 4.06. The Morgan fingerprint density at radius 1 is 1.20 bits per heavy atom. The van der Waals surface area contributed by atoms with Gasteiger partial charge >= 0.3 is 0 Å². The SMILES string of the molecule is CCC1CCC(O)(C2(CN)CCC2)CC1. The normalized spacial score (nSPS) is 39.8. The van der Waals surface area contributed by atoms with Crippen LogP contribution in [0.3, 0.4) is 0 Å². The van der Waals surface area contributed by atoms with E-state index in [2.05, 4.69) is 6.92 Å². The van der Waals surface area contributed by atoms with E-state index in [-0.39, 0.29) is 5.41 Å². The van der Waals surface area contributed by atoms with Crippen LogP contribution in [0.15, 0.2) is 0 Å². The molecule has 0 radical (unpaired) electrons. The number of rotatable bonds is 3. The Morgan fingerprint density at radius 3 is 2.13 bits per heavy atom. The van der Waals surface area contributed by atoms with Crippen molar-refractivity contribution >= 4 is 0 Å². The standard InChI is InChI=1S/C13H25NO/c1-2-11-4-8-13(15,9-5-11)12(10-14)6-3-7-12/h11,15H,2-10,14H2,1H3. The molecule has 2 rings (SSSR count). The summed E-state index contributed by atoms with van der Waals surface area (Å²) in [6.45, 7) is 2.94. The fourth-order valence-corrected chi connectivity index (χ4v) is 3.56. The maximum atomic E-state index is 10.8. The Morgan fingerprint density at radius 2 is 1.80 bits per heavy atom. The molecule has 0 bridgehead atoms. The van der Waals surface area contributed by atoms with Crippen LogP contribution in [-0.4, -0.2) is 17.3 Å². The van der Waals surface area contributed by atoms with Gasteiger partial charge in [0, 0.05) is 12.0 Å². The zero-order valence-corrected chi connectivity index (χ0v) is 9.97. The van der Waals surface area contributed by atoms with Gasteiger partial charge in [0.05, 0.1) is 5.60 Å². The summed E-state index contributed by atoms with van der Waals surface area (Å²) in [6.07, 6.45) is 9.21. The van der Waals surface area contributed by atoms with Gasteiger partial charge in [-0.2, -0.15) is 0 Å². The summed E-state index contributed by atoms with van der Waals surface area (Å²) in [6, 6.07) is 0. The summed E-state index contributed by atoms with van der Waals surface area (Å²) in [5.41, 5.74) is 5.56. The largest absolute Gasteiger partial charge is 0.389 e. The van der Waals surface area contributed by atoms with E-state index >= 15 is 0 Å². The van der Waals surface area contributed by atoms with E-state index in [0.717, 1.165) is 31.6 Å². The molecule has 15 heavy (non-hydrogen) atoms. The number of hydrogen-bond donors (Lipinski definition) is 2. The lowest BCUT2D eigenvalue weighted by atomic mass is 9.54. The molecule has 0 aromatic rings.